The molecule has 1 nitrogen and oxygen atoms in total. The molecule has 0 heterocycles. The van der Waals surface area contributed by atoms with Crippen molar-refractivity contribution in [3.8, 4) is 0 Å². The second-order valence-electron chi connectivity index (χ2n) is 2.67. The summed E-state index contributed by atoms with van der Waals surface area (Å²) in [5, 5.41) is 0. The van der Waals surface area contributed by atoms with Crippen LogP contribution < -0.4 is 0 Å². The molecule has 0 N–H and O–H groups in total. The molecule has 2 rings (SSSR count). The van der Waals surface area contributed by atoms with Gasteiger partial charge in [0.1, 0.15) is 0 Å². The van der Waals surface area contributed by atoms with Gasteiger partial charge in [0, 0.05) is 40.4 Å². The van der Waals surface area contributed by atoms with Crippen molar-refractivity contribution in [2.24, 2.45) is 0 Å². The Kier molecular flexibility index (Phi) is 15.0. The maximum atomic E-state index is 9.56. The molecule has 0 radical (unpaired) electrons. The first kappa shape index (κ1) is 16.8. The third-order valence-electron chi connectivity index (χ3n) is 1.11. The monoisotopic (exact) mass is 264 g/mol. The van der Waals surface area contributed by atoms with Crippen LogP contribution in [-0.2, 0) is 27.9 Å². The predicted octanol–water partition coefficient (Wildman–Crippen LogP) is 2.80. The van der Waals surface area contributed by atoms with Gasteiger partial charge in [0.2, 0.25) is 0 Å². The van der Waals surface area contributed by atoms with E-state index in [4.69, 9.17) is 0 Å². The Hall–Kier alpha value is -0.631. The average molecular weight is 264 g/mol. The third kappa shape index (κ3) is 19.7. The molecule has 2 aromatic carbocycles. The van der Waals surface area contributed by atoms with Gasteiger partial charge in [-0.3, -0.25) is 4.21 Å². The van der Waals surface area contributed by atoms with Crippen LogP contribution in [0.1, 0.15) is 0 Å². The van der Waals surface area contributed by atoms with Crippen LogP contribution in [-0.4, -0.2) is 16.7 Å². The van der Waals surface area contributed by atoms with Gasteiger partial charge in [-0.15, -0.1) is 0 Å². The van der Waals surface area contributed by atoms with Crippen LogP contribution in [0.2, 0.25) is 0 Å². The van der Waals surface area contributed by atoms with E-state index < -0.39 is 10.8 Å². The summed E-state index contributed by atoms with van der Waals surface area (Å²) in [5.41, 5.74) is 0. The van der Waals surface area contributed by atoms with Gasteiger partial charge in [0.15, 0.2) is 0 Å². The van der Waals surface area contributed by atoms with Gasteiger partial charge in [-0.1, -0.05) is 0 Å². The Labute approximate surface area is 105 Å². The summed E-state index contributed by atoms with van der Waals surface area (Å²) >= 11 is 0. The number of hydrogen-bond donors (Lipinski definition) is 0. The van der Waals surface area contributed by atoms with Crippen LogP contribution in [0.3, 0.4) is 0 Å². The molecule has 2 aromatic rings. The minimum atomic E-state index is -0.611. The van der Waals surface area contributed by atoms with Crippen molar-refractivity contribution < 1.29 is 21.3 Å². The standard InChI is InChI=1S/2C5H5.C2H6OS.Fe/c2*1-2-4-5-3-1;1-4(2)3;/h2*1-5H;1-2H3;/q-5;-1;;. The minimum absolute atomic E-state index is 0. The topological polar surface area (TPSA) is 17.1 Å². The molecule has 0 aliphatic carbocycles. The maximum absolute atomic E-state index is 9.56. The molecule has 0 aromatic heterocycles. The molecule has 0 spiro atoms. The van der Waals surface area contributed by atoms with Gasteiger partial charge >= 0.3 is 0 Å². The van der Waals surface area contributed by atoms with Crippen molar-refractivity contribution in [2.75, 3.05) is 12.5 Å². The third-order valence-corrected chi connectivity index (χ3v) is 1.11. The van der Waals surface area contributed by atoms with Crippen molar-refractivity contribution >= 4 is 10.8 Å². The summed E-state index contributed by atoms with van der Waals surface area (Å²) in [6, 6.07) is 20.0. The smallest absolute Gasteiger partial charge is 0.0148 e. The summed E-state index contributed by atoms with van der Waals surface area (Å²) in [6.45, 7) is 0. The predicted molar refractivity (Wildman–Crippen MR) is 64.1 cm³/mol. The molecule has 0 unspecified atom stereocenters. The second-order valence-corrected chi connectivity index (χ2v) is 4.15. The van der Waals surface area contributed by atoms with Gasteiger partial charge in [-0.2, -0.15) is 18.2 Å². The Morgan fingerprint density at radius 3 is 1.27 bits per heavy atom. The average Bonchev–Trinajstić information content (AvgIpc) is 2.83. The fourth-order valence-electron chi connectivity index (χ4n) is 0.642. The maximum Gasteiger partial charge on any atom is 0.0148 e. The Balaban J connectivity index is 0. The van der Waals surface area contributed by atoms with Gasteiger partial charge in [-0.05, 0) is 0 Å². The fraction of sp³-hybridized carbons (Fsp3) is 0.167. The Bertz CT molecular complexity index is 223. The van der Waals surface area contributed by atoms with Crippen molar-refractivity contribution in [3.05, 3.63) is 60.7 Å². The molecule has 0 aliphatic heterocycles. The van der Waals surface area contributed by atoms with Crippen molar-refractivity contribution in [3.63, 3.8) is 0 Å². The molecule has 3 heteroatoms. The summed E-state index contributed by atoms with van der Waals surface area (Å²) in [4.78, 5) is 0. The summed E-state index contributed by atoms with van der Waals surface area (Å²) in [5.74, 6) is 0. The van der Waals surface area contributed by atoms with Crippen LogP contribution in [0.4, 0.5) is 0 Å². The van der Waals surface area contributed by atoms with Crippen LogP contribution in [0.15, 0.2) is 60.7 Å². The van der Waals surface area contributed by atoms with Gasteiger partial charge in [-0.25, -0.2) is 12.1 Å². The molecule has 0 fully saturated rings. The molecule has 0 atom stereocenters. The molecule has 0 aliphatic rings. The summed E-state index contributed by atoms with van der Waals surface area (Å²) in [6.07, 6.45) is 3.28. The fourth-order valence-corrected chi connectivity index (χ4v) is 0.642. The van der Waals surface area contributed by atoms with E-state index in [2.05, 4.69) is 0 Å². The Morgan fingerprint density at radius 1 is 0.867 bits per heavy atom. The first-order valence-corrected chi connectivity index (χ1v) is 6.28. The van der Waals surface area contributed by atoms with Gasteiger partial charge in [0.25, 0.3) is 0 Å². The van der Waals surface area contributed by atoms with Crippen LogP contribution in [0.25, 0.3) is 0 Å². The van der Waals surface area contributed by atoms with Crippen molar-refractivity contribution in [1.29, 1.82) is 0 Å². The van der Waals surface area contributed by atoms with E-state index in [9.17, 15) is 4.21 Å². The first-order chi connectivity index (χ1) is 6.73. The van der Waals surface area contributed by atoms with Crippen LogP contribution >= 0.6 is 0 Å². The molecular weight excluding hydrogens is 248 g/mol. The van der Waals surface area contributed by atoms with Gasteiger partial charge < -0.3 is 30.3 Å². The minimum Gasteiger partial charge on any atom is -0.748 e. The molecule has 0 amide bonds. The van der Waals surface area contributed by atoms with Crippen molar-refractivity contribution in [1.82, 2.24) is 0 Å². The van der Waals surface area contributed by atoms with E-state index >= 15 is 0 Å². The number of hydrogen-bond acceptors (Lipinski definition) is 1. The molecular formula is C12H16FeOS-6. The summed E-state index contributed by atoms with van der Waals surface area (Å²) < 4.78 is 9.56. The molecule has 90 valence electrons. The first-order valence-electron chi connectivity index (χ1n) is 4.32. The zero-order valence-corrected chi connectivity index (χ0v) is 10.9. The van der Waals surface area contributed by atoms with E-state index in [-0.39, 0.29) is 17.1 Å². The van der Waals surface area contributed by atoms with E-state index in [0.717, 1.165) is 0 Å². The Morgan fingerprint density at radius 2 is 1.13 bits per heavy atom. The largest absolute Gasteiger partial charge is 0.748 e. The SMILES string of the molecule is CS(C)=O.[Fe].[cH-]1[cH-][cH-][cH-][cH-]1.c1cc[cH-]c1. The molecule has 0 bridgehead atoms. The van der Waals surface area contributed by atoms with E-state index in [1.165, 1.54) is 0 Å². The quantitative estimate of drug-likeness (QED) is 0.528. The van der Waals surface area contributed by atoms with Crippen LogP contribution in [0.5, 0.6) is 0 Å². The van der Waals surface area contributed by atoms with Gasteiger partial charge in [0.05, 0.1) is 0 Å². The van der Waals surface area contributed by atoms with Crippen molar-refractivity contribution in [2.45, 2.75) is 0 Å². The van der Waals surface area contributed by atoms with E-state index in [0.29, 0.717) is 0 Å². The van der Waals surface area contributed by atoms with Crippen LogP contribution in [0, 0.1) is 0 Å². The van der Waals surface area contributed by atoms with E-state index in [1.807, 2.05) is 60.7 Å². The van der Waals surface area contributed by atoms with E-state index in [1.54, 1.807) is 12.5 Å². The zero-order chi connectivity index (χ0) is 10.6. The molecule has 0 saturated heterocycles. The summed E-state index contributed by atoms with van der Waals surface area (Å²) in [7, 11) is -0.611. The normalized spacial score (nSPS) is 7.67. The number of rotatable bonds is 0. The molecule has 0 saturated carbocycles. The zero-order valence-electron chi connectivity index (χ0n) is 8.94. The second kappa shape index (κ2) is 13.4. The molecule has 15 heavy (non-hydrogen) atoms.